The summed E-state index contributed by atoms with van der Waals surface area (Å²) >= 11 is 3.55. The summed E-state index contributed by atoms with van der Waals surface area (Å²) in [5, 5.41) is 21.0. The molecular formula is C21H20BrN3O2. The number of hydrogen-bond acceptors (Lipinski definition) is 4. The summed E-state index contributed by atoms with van der Waals surface area (Å²) in [7, 11) is 0. The van der Waals surface area contributed by atoms with Gasteiger partial charge in [0.1, 0.15) is 18.5 Å². The number of halogens is 1. The Morgan fingerprint density at radius 1 is 1.22 bits per heavy atom. The Kier molecular flexibility index (Phi) is 5.06. The van der Waals surface area contributed by atoms with Crippen molar-refractivity contribution >= 4 is 26.8 Å². The zero-order valence-corrected chi connectivity index (χ0v) is 16.4. The summed E-state index contributed by atoms with van der Waals surface area (Å²) in [6.07, 6.45) is 2.43. The molecule has 0 radical (unpaired) electrons. The highest BCUT2D eigenvalue weighted by molar-refractivity contribution is 9.10. The number of ether oxygens (including phenoxy) is 1. The number of rotatable bonds is 5. The van der Waals surface area contributed by atoms with Gasteiger partial charge in [0.05, 0.1) is 13.1 Å². The number of benzene rings is 2. The third-order valence-corrected chi connectivity index (χ3v) is 5.43. The Morgan fingerprint density at radius 2 is 2.04 bits per heavy atom. The smallest absolute Gasteiger partial charge is 0.179 e. The maximum atomic E-state index is 10.6. The molecule has 0 saturated heterocycles. The zero-order chi connectivity index (χ0) is 18.8. The van der Waals surface area contributed by atoms with E-state index in [9.17, 15) is 10.4 Å². The molecule has 1 N–H and O–H groups in total. The molecule has 6 heteroatoms. The fourth-order valence-electron chi connectivity index (χ4n) is 3.69. The third kappa shape index (κ3) is 3.66. The van der Waals surface area contributed by atoms with Crippen LogP contribution in [0.25, 0.3) is 10.9 Å². The van der Waals surface area contributed by atoms with E-state index < -0.39 is 6.10 Å². The molecule has 0 spiro atoms. The first kappa shape index (κ1) is 17.9. The minimum absolute atomic E-state index is 0.235. The third-order valence-electron chi connectivity index (χ3n) is 4.94. The summed E-state index contributed by atoms with van der Waals surface area (Å²) in [5.41, 5.74) is 3.46. The van der Waals surface area contributed by atoms with Crippen molar-refractivity contribution in [3.05, 3.63) is 64.3 Å². The molecule has 2 heterocycles. The summed E-state index contributed by atoms with van der Waals surface area (Å²) < 4.78 is 8.90. The number of aromatic nitrogens is 1. The Morgan fingerprint density at radius 3 is 2.81 bits per heavy atom. The number of nitriles is 1. The van der Waals surface area contributed by atoms with Crippen molar-refractivity contribution in [2.75, 3.05) is 13.2 Å². The van der Waals surface area contributed by atoms with Crippen molar-refractivity contribution in [2.45, 2.75) is 25.6 Å². The molecule has 5 nitrogen and oxygen atoms in total. The van der Waals surface area contributed by atoms with Gasteiger partial charge in [-0.05, 0) is 30.3 Å². The Balaban J connectivity index is 1.61. The van der Waals surface area contributed by atoms with Gasteiger partial charge < -0.3 is 19.3 Å². The molecule has 1 aromatic heterocycles. The molecule has 1 unspecified atom stereocenters. The van der Waals surface area contributed by atoms with Gasteiger partial charge in [0, 0.05) is 39.6 Å². The molecule has 27 heavy (non-hydrogen) atoms. The second kappa shape index (κ2) is 7.63. The largest absolute Gasteiger partial charge is 0.491 e. The van der Waals surface area contributed by atoms with Gasteiger partial charge in [0.25, 0.3) is 0 Å². The van der Waals surface area contributed by atoms with E-state index in [-0.39, 0.29) is 6.61 Å². The van der Waals surface area contributed by atoms with Gasteiger partial charge in [0.2, 0.25) is 0 Å². The van der Waals surface area contributed by atoms with Crippen molar-refractivity contribution in [1.29, 1.82) is 5.26 Å². The lowest BCUT2D eigenvalue weighted by molar-refractivity contribution is 0.0926. The van der Waals surface area contributed by atoms with Crippen LogP contribution in [0.5, 0.6) is 5.75 Å². The molecule has 138 valence electrons. The predicted octanol–water partition coefficient (Wildman–Crippen LogP) is 3.68. The Labute approximate surface area is 166 Å². The molecule has 4 rings (SSSR count). The van der Waals surface area contributed by atoms with Crippen molar-refractivity contribution in [3.63, 3.8) is 0 Å². The van der Waals surface area contributed by atoms with Crippen molar-refractivity contribution in [1.82, 2.24) is 9.47 Å². The lowest BCUT2D eigenvalue weighted by atomic mass is 10.1. The van der Waals surface area contributed by atoms with E-state index in [0.29, 0.717) is 19.6 Å². The van der Waals surface area contributed by atoms with E-state index in [4.69, 9.17) is 4.74 Å². The molecule has 1 aliphatic heterocycles. The van der Waals surface area contributed by atoms with Crippen LogP contribution in [0.2, 0.25) is 0 Å². The second-order valence-corrected chi connectivity index (χ2v) is 7.66. The second-order valence-electron chi connectivity index (χ2n) is 6.75. The molecule has 2 aromatic carbocycles. The molecule has 1 aliphatic rings. The molecule has 1 atom stereocenters. The van der Waals surface area contributed by atoms with Crippen LogP contribution in [-0.4, -0.2) is 33.8 Å². The standard InChI is InChI=1S/C21H20BrN3O2/c22-15-6-7-20-18(10-15)19-12-24(14-23)9-8-21(19)25(20)11-16(26)13-27-17-4-2-1-3-5-17/h1-7,10,16,26H,8-9,11-13H2. The van der Waals surface area contributed by atoms with Crippen LogP contribution in [-0.2, 0) is 19.5 Å². The topological polar surface area (TPSA) is 61.4 Å². The normalized spacial score (nSPS) is 14.6. The highest BCUT2D eigenvalue weighted by Gasteiger charge is 2.24. The van der Waals surface area contributed by atoms with E-state index in [1.165, 1.54) is 11.3 Å². The molecule has 0 aliphatic carbocycles. The maximum absolute atomic E-state index is 10.6. The number of aliphatic hydroxyl groups excluding tert-OH is 1. The molecule has 0 bridgehead atoms. The molecule has 3 aromatic rings. The van der Waals surface area contributed by atoms with E-state index >= 15 is 0 Å². The lowest BCUT2D eigenvalue weighted by Gasteiger charge is -2.24. The Bertz CT molecular complexity index is 994. The van der Waals surface area contributed by atoms with Crippen LogP contribution in [0, 0.1) is 11.5 Å². The monoisotopic (exact) mass is 425 g/mol. The molecule has 0 amide bonds. The van der Waals surface area contributed by atoms with Crippen LogP contribution >= 0.6 is 15.9 Å². The van der Waals surface area contributed by atoms with Crippen molar-refractivity contribution < 1.29 is 9.84 Å². The van der Waals surface area contributed by atoms with Gasteiger partial charge in [-0.25, -0.2) is 0 Å². The van der Waals surface area contributed by atoms with Gasteiger partial charge in [-0.1, -0.05) is 34.1 Å². The van der Waals surface area contributed by atoms with Crippen LogP contribution in [0.15, 0.2) is 53.0 Å². The fourth-order valence-corrected chi connectivity index (χ4v) is 4.05. The summed E-state index contributed by atoms with van der Waals surface area (Å²) in [4.78, 5) is 1.78. The number of hydrogen-bond donors (Lipinski definition) is 1. The average molecular weight is 426 g/mol. The highest BCUT2D eigenvalue weighted by Crippen LogP contribution is 2.33. The quantitative estimate of drug-likeness (QED) is 0.633. The number of para-hydroxylation sites is 1. The van der Waals surface area contributed by atoms with E-state index in [1.54, 1.807) is 4.90 Å². The van der Waals surface area contributed by atoms with E-state index in [2.05, 4.69) is 38.8 Å². The molecular weight excluding hydrogens is 406 g/mol. The summed E-state index contributed by atoms with van der Waals surface area (Å²) in [6, 6.07) is 15.7. The van der Waals surface area contributed by atoms with Crippen molar-refractivity contribution in [2.24, 2.45) is 0 Å². The number of aliphatic hydroxyl groups is 1. The SMILES string of the molecule is N#CN1CCc2c(c3cc(Br)ccc3n2CC(O)COc2ccccc2)C1. The summed E-state index contributed by atoms with van der Waals surface area (Å²) in [5.74, 6) is 0.754. The van der Waals surface area contributed by atoms with Gasteiger partial charge in [-0.2, -0.15) is 5.26 Å². The molecule has 0 fully saturated rings. The highest BCUT2D eigenvalue weighted by atomic mass is 79.9. The maximum Gasteiger partial charge on any atom is 0.179 e. The van der Waals surface area contributed by atoms with Crippen LogP contribution in [0.1, 0.15) is 11.3 Å². The summed E-state index contributed by atoms with van der Waals surface area (Å²) in [6.45, 7) is 2.02. The van der Waals surface area contributed by atoms with Crippen molar-refractivity contribution in [3.8, 4) is 11.9 Å². The van der Waals surface area contributed by atoms with Gasteiger partial charge >= 0.3 is 0 Å². The minimum Gasteiger partial charge on any atom is -0.491 e. The minimum atomic E-state index is -0.623. The fraction of sp³-hybridized carbons (Fsp3) is 0.286. The predicted molar refractivity (Wildman–Crippen MR) is 107 cm³/mol. The first-order chi connectivity index (χ1) is 13.2. The van der Waals surface area contributed by atoms with Crippen LogP contribution < -0.4 is 4.74 Å². The van der Waals surface area contributed by atoms with Gasteiger partial charge in [-0.15, -0.1) is 0 Å². The number of nitrogens with zero attached hydrogens (tertiary/aromatic N) is 3. The van der Waals surface area contributed by atoms with E-state index in [0.717, 1.165) is 27.5 Å². The van der Waals surface area contributed by atoms with Gasteiger partial charge in [-0.3, -0.25) is 0 Å². The van der Waals surface area contributed by atoms with E-state index in [1.807, 2.05) is 36.4 Å². The van der Waals surface area contributed by atoms with Crippen LogP contribution in [0.4, 0.5) is 0 Å². The van der Waals surface area contributed by atoms with Crippen LogP contribution in [0.3, 0.4) is 0 Å². The average Bonchev–Trinajstić information content (AvgIpc) is 2.99. The first-order valence-electron chi connectivity index (χ1n) is 8.96. The number of fused-ring (bicyclic) bond motifs is 3. The zero-order valence-electron chi connectivity index (χ0n) is 14.8. The molecule has 0 saturated carbocycles. The van der Waals surface area contributed by atoms with Gasteiger partial charge in [0.15, 0.2) is 6.19 Å². The lowest BCUT2D eigenvalue weighted by Crippen LogP contribution is -2.29. The Hall–Kier alpha value is -2.49. The first-order valence-corrected chi connectivity index (χ1v) is 9.75.